The summed E-state index contributed by atoms with van der Waals surface area (Å²) in [5.74, 6) is 0. The minimum absolute atomic E-state index is 0.306. The molecule has 2 nitrogen and oxygen atoms in total. The summed E-state index contributed by atoms with van der Waals surface area (Å²) in [4.78, 5) is 0. The molecule has 1 heterocycles. The van der Waals surface area contributed by atoms with Crippen LogP contribution in [0.15, 0.2) is 12.7 Å². The zero-order chi connectivity index (χ0) is 11.7. The Hall–Kier alpha value is -0.376. The van der Waals surface area contributed by atoms with Crippen molar-refractivity contribution in [2.24, 2.45) is 0 Å². The Morgan fingerprint density at radius 2 is 1.80 bits per heavy atom. The molecule has 0 aromatic carbocycles. The molecule has 1 rings (SSSR count). The Kier molecular flexibility index (Phi) is 3.59. The van der Waals surface area contributed by atoms with Gasteiger partial charge in [0, 0.05) is 6.04 Å². The Bertz CT molecular complexity index is 275. The largest absolute Gasteiger partial charge is 0.339 e. The molecular formula is C11H22N2Si2. The summed E-state index contributed by atoms with van der Waals surface area (Å²) in [6.45, 7) is 13.6. The fraction of sp³-hybridized carbons (Fsp3) is 0.727. The summed E-state index contributed by atoms with van der Waals surface area (Å²) in [6.07, 6.45) is 2.59. The quantitative estimate of drug-likeness (QED) is 0.558. The molecule has 0 saturated carbocycles. The maximum Gasteiger partial charge on any atom is 0.115 e. The van der Waals surface area contributed by atoms with E-state index in [1.165, 1.54) is 12.1 Å². The molecule has 0 N–H and O–H groups in total. The minimum Gasteiger partial charge on any atom is -0.339 e. The van der Waals surface area contributed by atoms with Gasteiger partial charge in [0.25, 0.3) is 0 Å². The number of hydrogen-bond acceptors (Lipinski definition) is 2. The van der Waals surface area contributed by atoms with Gasteiger partial charge in [0.15, 0.2) is 0 Å². The van der Waals surface area contributed by atoms with Gasteiger partial charge in [0.05, 0.1) is 12.5 Å². The van der Waals surface area contributed by atoms with E-state index >= 15 is 0 Å². The molecule has 1 aliphatic rings. The van der Waals surface area contributed by atoms with E-state index in [4.69, 9.17) is 5.26 Å². The summed E-state index contributed by atoms with van der Waals surface area (Å²) in [6, 6.07) is 5.39. The maximum atomic E-state index is 8.87. The number of nitriles is 1. The minimum atomic E-state index is -1.25. The van der Waals surface area contributed by atoms with Gasteiger partial charge in [-0.3, -0.25) is 0 Å². The Balaban J connectivity index is 2.97. The van der Waals surface area contributed by atoms with Crippen molar-refractivity contribution < 1.29 is 0 Å². The summed E-state index contributed by atoms with van der Waals surface area (Å²) in [7, 11) is -2.51. The lowest BCUT2D eigenvalue weighted by atomic mass is 10.2. The van der Waals surface area contributed by atoms with Crippen LogP contribution < -0.4 is 0 Å². The van der Waals surface area contributed by atoms with Crippen LogP contribution in [0.2, 0.25) is 38.3 Å². The third-order valence-corrected chi connectivity index (χ3v) is 13.9. The standard InChI is InChI=1S/C11H22N2Si2/c1-6-11(7-8-12)13-14(2,3)9-10-15(13,4)5/h6,11H,1,7,9-10H2,2-5H3. The Morgan fingerprint density at radius 3 is 2.13 bits per heavy atom. The van der Waals surface area contributed by atoms with Crippen molar-refractivity contribution in [2.75, 3.05) is 0 Å². The van der Waals surface area contributed by atoms with E-state index in [1.54, 1.807) is 0 Å². The molecule has 0 aromatic rings. The maximum absolute atomic E-state index is 8.87. The SMILES string of the molecule is C=CC(CC#N)N1[Si](C)(C)CC[Si]1(C)C. The van der Waals surface area contributed by atoms with Crippen LogP contribution in [0.1, 0.15) is 6.42 Å². The average Bonchev–Trinajstić information content (AvgIpc) is 2.34. The molecule has 1 atom stereocenters. The van der Waals surface area contributed by atoms with E-state index in [2.05, 4.69) is 43.1 Å². The summed E-state index contributed by atoms with van der Waals surface area (Å²) in [5, 5.41) is 8.87. The first-order chi connectivity index (χ1) is 6.85. The van der Waals surface area contributed by atoms with Crippen molar-refractivity contribution >= 4 is 16.5 Å². The highest BCUT2D eigenvalue weighted by molar-refractivity contribution is 6.95. The van der Waals surface area contributed by atoms with Crippen LogP contribution in [0.3, 0.4) is 0 Å². The molecule has 0 spiro atoms. The van der Waals surface area contributed by atoms with Crippen molar-refractivity contribution in [3.8, 4) is 6.07 Å². The number of hydrogen-bond donors (Lipinski definition) is 0. The zero-order valence-corrected chi connectivity index (χ0v) is 12.4. The third kappa shape index (κ3) is 2.41. The highest BCUT2D eigenvalue weighted by Crippen LogP contribution is 2.39. The monoisotopic (exact) mass is 238 g/mol. The van der Waals surface area contributed by atoms with Crippen LogP contribution in [0.25, 0.3) is 0 Å². The summed E-state index contributed by atoms with van der Waals surface area (Å²) in [5.41, 5.74) is 0. The predicted molar refractivity (Wildman–Crippen MR) is 70.6 cm³/mol. The molecular weight excluding hydrogens is 216 g/mol. The molecule has 4 heteroatoms. The van der Waals surface area contributed by atoms with Gasteiger partial charge in [-0.15, -0.1) is 6.58 Å². The molecule has 1 aliphatic heterocycles. The molecule has 15 heavy (non-hydrogen) atoms. The highest BCUT2D eigenvalue weighted by atomic mass is 28.4. The van der Waals surface area contributed by atoms with Crippen molar-refractivity contribution in [3.05, 3.63) is 12.7 Å². The number of nitrogens with zero attached hydrogens (tertiary/aromatic N) is 2. The molecule has 0 bridgehead atoms. The molecule has 0 radical (unpaired) electrons. The van der Waals surface area contributed by atoms with Crippen molar-refractivity contribution in [1.29, 1.82) is 5.26 Å². The second-order valence-electron chi connectivity index (χ2n) is 5.66. The van der Waals surface area contributed by atoms with E-state index < -0.39 is 16.5 Å². The Morgan fingerprint density at radius 1 is 1.33 bits per heavy atom. The van der Waals surface area contributed by atoms with E-state index in [0.717, 1.165) is 0 Å². The molecule has 1 fully saturated rings. The van der Waals surface area contributed by atoms with E-state index in [1.807, 2.05) is 6.08 Å². The van der Waals surface area contributed by atoms with Gasteiger partial charge in [0.2, 0.25) is 0 Å². The topological polar surface area (TPSA) is 27.0 Å². The lowest BCUT2D eigenvalue weighted by Gasteiger charge is -2.43. The van der Waals surface area contributed by atoms with Gasteiger partial charge in [-0.05, 0) is 12.1 Å². The predicted octanol–water partition coefficient (Wildman–Crippen LogP) is 3.18. The lowest BCUT2D eigenvalue weighted by molar-refractivity contribution is 0.531. The second kappa shape index (κ2) is 4.24. The lowest BCUT2D eigenvalue weighted by Crippen LogP contribution is -2.59. The normalized spacial score (nSPS) is 25.8. The molecule has 0 aliphatic carbocycles. The molecule has 1 saturated heterocycles. The van der Waals surface area contributed by atoms with E-state index in [-0.39, 0.29) is 0 Å². The van der Waals surface area contributed by atoms with E-state index in [0.29, 0.717) is 12.5 Å². The van der Waals surface area contributed by atoms with Gasteiger partial charge in [-0.2, -0.15) is 5.26 Å². The first-order valence-electron chi connectivity index (χ1n) is 5.64. The first-order valence-corrected chi connectivity index (χ1v) is 11.9. The zero-order valence-electron chi connectivity index (χ0n) is 10.4. The van der Waals surface area contributed by atoms with Gasteiger partial charge in [-0.25, -0.2) is 0 Å². The molecule has 84 valence electrons. The summed E-state index contributed by atoms with van der Waals surface area (Å²) >= 11 is 0. The molecule has 1 unspecified atom stereocenters. The Labute approximate surface area is 95.8 Å². The second-order valence-corrected chi connectivity index (χ2v) is 15.3. The molecule has 0 amide bonds. The van der Waals surface area contributed by atoms with Crippen molar-refractivity contribution in [3.63, 3.8) is 0 Å². The van der Waals surface area contributed by atoms with Gasteiger partial charge in [-0.1, -0.05) is 32.3 Å². The molecule has 0 aromatic heterocycles. The smallest absolute Gasteiger partial charge is 0.115 e. The van der Waals surface area contributed by atoms with Crippen LogP contribution in [-0.2, 0) is 0 Å². The third-order valence-electron chi connectivity index (χ3n) is 3.56. The van der Waals surface area contributed by atoms with Crippen molar-refractivity contribution in [2.45, 2.75) is 50.7 Å². The van der Waals surface area contributed by atoms with Crippen LogP contribution in [-0.4, -0.2) is 26.7 Å². The highest BCUT2D eigenvalue weighted by Gasteiger charge is 2.49. The van der Waals surface area contributed by atoms with Gasteiger partial charge < -0.3 is 4.23 Å². The van der Waals surface area contributed by atoms with E-state index in [9.17, 15) is 0 Å². The fourth-order valence-electron chi connectivity index (χ4n) is 2.94. The fourth-order valence-corrected chi connectivity index (χ4v) is 17.7. The first kappa shape index (κ1) is 12.7. The van der Waals surface area contributed by atoms with Crippen LogP contribution in [0, 0.1) is 11.3 Å². The van der Waals surface area contributed by atoms with Gasteiger partial charge >= 0.3 is 0 Å². The van der Waals surface area contributed by atoms with Crippen molar-refractivity contribution in [1.82, 2.24) is 4.23 Å². The summed E-state index contributed by atoms with van der Waals surface area (Å²) < 4.78 is 2.73. The van der Waals surface area contributed by atoms with Crippen LogP contribution in [0.5, 0.6) is 0 Å². The number of rotatable bonds is 3. The van der Waals surface area contributed by atoms with Crippen LogP contribution >= 0.6 is 0 Å². The van der Waals surface area contributed by atoms with Gasteiger partial charge in [0.1, 0.15) is 16.5 Å². The average molecular weight is 238 g/mol. The van der Waals surface area contributed by atoms with Crippen LogP contribution in [0.4, 0.5) is 0 Å².